The summed E-state index contributed by atoms with van der Waals surface area (Å²) in [5, 5.41) is 13.4. The van der Waals surface area contributed by atoms with Gasteiger partial charge in [-0.25, -0.2) is 4.39 Å². The van der Waals surface area contributed by atoms with Crippen molar-refractivity contribution >= 4 is 39.9 Å². The molecule has 0 saturated heterocycles. The zero-order valence-electron chi connectivity index (χ0n) is 9.25. The van der Waals surface area contributed by atoms with Gasteiger partial charge in [-0.15, -0.1) is 0 Å². The number of phenols is 1. The van der Waals surface area contributed by atoms with E-state index >= 15 is 0 Å². The van der Waals surface area contributed by atoms with Gasteiger partial charge in [0.15, 0.2) is 0 Å². The number of nitrogens with one attached hydrogen (secondary N) is 1. The van der Waals surface area contributed by atoms with Gasteiger partial charge in [0.05, 0.1) is 0 Å². The number of benzene rings is 2. The van der Waals surface area contributed by atoms with Crippen LogP contribution in [0.3, 0.4) is 0 Å². The van der Waals surface area contributed by atoms with Crippen LogP contribution in [0.4, 0.5) is 10.1 Å². The van der Waals surface area contributed by atoms with E-state index in [0.717, 1.165) is 9.26 Å². The molecule has 2 rings (SSSR count). The van der Waals surface area contributed by atoms with E-state index in [1.54, 1.807) is 24.3 Å². The molecule has 0 atom stereocenters. The van der Waals surface area contributed by atoms with E-state index in [9.17, 15) is 9.50 Å². The first-order chi connectivity index (χ1) is 8.56. The standard InChI is InChI=1S/C13H10ClFINO/c14-9-1-4-13(18)8(5-9)7-17-12-3-2-10(15)6-11(12)16/h1-6,17-18H,7H2. The maximum Gasteiger partial charge on any atom is 0.124 e. The normalized spacial score (nSPS) is 10.4. The highest BCUT2D eigenvalue weighted by atomic mass is 127. The van der Waals surface area contributed by atoms with Crippen LogP contribution in [0, 0.1) is 9.39 Å². The van der Waals surface area contributed by atoms with Gasteiger partial charge in [-0.2, -0.15) is 0 Å². The number of halogens is 3. The highest BCUT2D eigenvalue weighted by molar-refractivity contribution is 14.1. The van der Waals surface area contributed by atoms with Crippen LogP contribution in [0.1, 0.15) is 5.56 Å². The Morgan fingerprint density at radius 1 is 1.22 bits per heavy atom. The van der Waals surface area contributed by atoms with Crippen molar-refractivity contribution in [2.75, 3.05) is 5.32 Å². The van der Waals surface area contributed by atoms with Crippen LogP contribution in [0.15, 0.2) is 36.4 Å². The van der Waals surface area contributed by atoms with E-state index in [1.165, 1.54) is 12.1 Å². The van der Waals surface area contributed by atoms with Crippen LogP contribution < -0.4 is 5.32 Å². The number of phenolic OH excluding ortho intramolecular Hbond substituents is 1. The molecule has 0 radical (unpaired) electrons. The van der Waals surface area contributed by atoms with Crippen molar-refractivity contribution in [1.82, 2.24) is 0 Å². The summed E-state index contributed by atoms with van der Waals surface area (Å²) in [5.74, 6) is -0.0837. The average Bonchev–Trinajstić information content (AvgIpc) is 2.32. The smallest absolute Gasteiger partial charge is 0.124 e. The Labute approximate surface area is 123 Å². The minimum atomic E-state index is -0.268. The van der Waals surface area contributed by atoms with Gasteiger partial charge in [0.25, 0.3) is 0 Å². The minimum absolute atomic E-state index is 0.184. The van der Waals surface area contributed by atoms with Crippen molar-refractivity contribution in [3.05, 3.63) is 56.4 Å². The second kappa shape index (κ2) is 5.75. The third-order valence-electron chi connectivity index (χ3n) is 2.44. The quantitative estimate of drug-likeness (QED) is 0.777. The summed E-state index contributed by atoms with van der Waals surface area (Å²) in [7, 11) is 0. The third kappa shape index (κ3) is 3.26. The van der Waals surface area contributed by atoms with Gasteiger partial charge in [0, 0.05) is 26.4 Å². The average molecular weight is 378 g/mol. The first-order valence-corrected chi connectivity index (χ1v) is 6.68. The Bertz CT molecular complexity index is 577. The second-order valence-electron chi connectivity index (χ2n) is 3.75. The SMILES string of the molecule is Oc1ccc(Cl)cc1CNc1ccc(F)cc1I. The van der Waals surface area contributed by atoms with Crippen molar-refractivity contribution in [3.63, 3.8) is 0 Å². The van der Waals surface area contributed by atoms with Gasteiger partial charge in [-0.05, 0) is 59.0 Å². The van der Waals surface area contributed by atoms with Gasteiger partial charge in [-0.1, -0.05) is 11.6 Å². The lowest BCUT2D eigenvalue weighted by Crippen LogP contribution is -2.01. The summed E-state index contributed by atoms with van der Waals surface area (Å²) in [6, 6.07) is 9.37. The van der Waals surface area contributed by atoms with E-state index in [2.05, 4.69) is 27.9 Å². The summed E-state index contributed by atoms with van der Waals surface area (Å²) < 4.78 is 13.7. The van der Waals surface area contributed by atoms with Crippen molar-refractivity contribution < 1.29 is 9.50 Å². The molecule has 2 nitrogen and oxygen atoms in total. The Kier molecular flexibility index (Phi) is 4.29. The molecule has 94 valence electrons. The highest BCUT2D eigenvalue weighted by Crippen LogP contribution is 2.24. The fourth-order valence-electron chi connectivity index (χ4n) is 1.52. The maximum atomic E-state index is 12.9. The lowest BCUT2D eigenvalue weighted by molar-refractivity contribution is 0.469. The van der Waals surface area contributed by atoms with Crippen LogP contribution in [0.5, 0.6) is 5.75 Å². The number of hydrogen-bond donors (Lipinski definition) is 2. The van der Waals surface area contributed by atoms with E-state index in [0.29, 0.717) is 17.1 Å². The number of rotatable bonds is 3. The molecule has 0 spiro atoms. The third-order valence-corrected chi connectivity index (χ3v) is 3.57. The Morgan fingerprint density at radius 3 is 2.72 bits per heavy atom. The zero-order chi connectivity index (χ0) is 13.1. The summed E-state index contributed by atoms with van der Waals surface area (Å²) >= 11 is 7.91. The molecule has 2 N–H and O–H groups in total. The summed E-state index contributed by atoms with van der Waals surface area (Å²) in [5.41, 5.74) is 1.51. The van der Waals surface area contributed by atoms with E-state index < -0.39 is 0 Å². The summed E-state index contributed by atoms with van der Waals surface area (Å²) in [6.45, 7) is 0.425. The van der Waals surface area contributed by atoms with Crippen LogP contribution in [0.25, 0.3) is 0 Å². The van der Waals surface area contributed by atoms with Crippen LogP contribution >= 0.6 is 34.2 Å². The van der Waals surface area contributed by atoms with Gasteiger partial charge in [-0.3, -0.25) is 0 Å². The molecule has 0 amide bonds. The molecule has 0 aliphatic carbocycles. The van der Waals surface area contributed by atoms with Crippen molar-refractivity contribution in [2.24, 2.45) is 0 Å². The van der Waals surface area contributed by atoms with E-state index in [-0.39, 0.29) is 11.6 Å². The second-order valence-corrected chi connectivity index (χ2v) is 5.35. The van der Waals surface area contributed by atoms with Crippen LogP contribution in [-0.2, 0) is 6.54 Å². The number of aromatic hydroxyl groups is 1. The fraction of sp³-hybridized carbons (Fsp3) is 0.0769. The molecule has 0 aliphatic rings. The van der Waals surface area contributed by atoms with Crippen LogP contribution in [-0.4, -0.2) is 5.11 Å². The Morgan fingerprint density at radius 2 is 2.00 bits per heavy atom. The molecule has 0 aliphatic heterocycles. The molecule has 2 aromatic rings. The molecule has 0 aromatic heterocycles. The van der Waals surface area contributed by atoms with Crippen LogP contribution in [0.2, 0.25) is 5.02 Å². The molecule has 0 saturated carbocycles. The summed E-state index contributed by atoms with van der Waals surface area (Å²) in [4.78, 5) is 0. The fourth-order valence-corrected chi connectivity index (χ4v) is 2.38. The number of hydrogen-bond acceptors (Lipinski definition) is 2. The predicted octanol–water partition coefficient (Wildman–Crippen LogP) is 4.40. The predicted molar refractivity (Wildman–Crippen MR) is 79.6 cm³/mol. The van der Waals surface area contributed by atoms with Crippen molar-refractivity contribution in [2.45, 2.75) is 6.54 Å². The first kappa shape index (κ1) is 13.4. The lowest BCUT2D eigenvalue weighted by Gasteiger charge is -2.10. The van der Waals surface area contributed by atoms with Gasteiger partial charge >= 0.3 is 0 Å². The van der Waals surface area contributed by atoms with Gasteiger partial charge in [0.1, 0.15) is 11.6 Å². The van der Waals surface area contributed by atoms with Gasteiger partial charge in [0.2, 0.25) is 0 Å². The minimum Gasteiger partial charge on any atom is -0.508 e. The largest absolute Gasteiger partial charge is 0.508 e. The van der Waals surface area contributed by atoms with Gasteiger partial charge < -0.3 is 10.4 Å². The Hall–Kier alpha value is -1.01. The monoisotopic (exact) mass is 377 g/mol. The topological polar surface area (TPSA) is 32.3 Å². The Balaban J connectivity index is 2.13. The summed E-state index contributed by atoms with van der Waals surface area (Å²) in [6.07, 6.45) is 0. The zero-order valence-corrected chi connectivity index (χ0v) is 12.2. The molecule has 0 unspecified atom stereocenters. The molecule has 2 aromatic carbocycles. The maximum absolute atomic E-state index is 12.9. The molecular formula is C13H10ClFINO. The molecule has 18 heavy (non-hydrogen) atoms. The van der Waals surface area contributed by atoms with E-state index in [1.807, 2.05) is 0 Å². The molecular weight excluding hydrogens is 368 g/mol. The molecule has 0 fully saturated rings. The lowest BCUT2D eigenvalue weighted by atomic mass is 10.2. The van der Waals surface area contributed by atoms with Crippen molar-refractivity contribution in [3.8, 4) is 5.75 Å². The number of anilines is 1. The molecule has 0 heterocycles. The highest BCUT2D eigenvalue weighted by Gasteiger charge is 2.04. The van der Waals surface area contributed by atoms with E-state index in [4.69, 9.17) is 11.6 Å². The molecule has 0 bridgehead atoms. The molecule has 5 heteroatoms. The van der Waals surface area contributed by atoms with Crippen molar-refractivity contribution in [1.29, 1.82) is 0 Å². The first-order valence-electron chi connectivity index (χ1n) is 5.22.